The number of halogens is 1. The Kier molecular flexibility index (Phi) is 9.28. The van der Waals surface area contributed by atoms with E-state index >= 15 is 0 Å². The van der Waals surface area contributed by atoms with Gasteiger partial charge in [0.1, 0.15) is 5.75 Å². The number of amides is 2. The molecule has 1 aliphatic rings. The monoisotopic (exact) mass is 522 g/mol. The first-order chi connectivity index (χ1) is 16.4. The highest BCUT2D eigenvalue weighted by atomic mass is 79.9. The molecular formula is C28H31BrN2O3. The number of carbonyl (C=O) groups is 2. The van der Waals surface area contributed by atoms with E-state index in [1.165, 1.54) is 24.8 Å². The highest BCUT2D eigenvalue weighted by Gasteiger charge is 2.34. The van der Waals surface area contributed by atoms with Crippen LogP contribution in [0.4, 0.5) is 0 Å². The summed E-state index contributed by atoms with van der Waals surface area (Å²) in [4.78, 5) is 23.2. The minimum Gasteiger partial charge on any atom is -0.496 e. The van der Waals surface area contributed by atoms with Crippen molar-refractivity contribution in [3.05, 3.63) is 100 Å². The van der Waals surface area contributed by atoms with Gasteiger partial charge < -0.3 is 15.8 Å². The third-order valence-electron chi connectivity index (χ3n) is 6.26. The van der Waals surface area contributed by atoms with Crippen molar-refractivity contribution in [2.75, 3.05) is 13.7 Å². The molecule has 2 amide bonds. The van der Waals surface area contributed by atoms with Gasteiger partial charge in [-0.3, -0.25) is 9.59 Å². The molecular weight excluding hydrogens is 492 g/mol. The molecule has 3 aromatic carbocycles. The number of methoxy groups -OCH3 is 1. The second-order valence-corrected chi connectivity index (χ2v) is 9.38. The number of carbonyl (C=O) groups excluding carboxylic acids is 2. The number of nitrogens with two attached hydrogens (primary N) is 1. The molecule has 0 bridgehead atoms. The predicted molar refractivity (Wildman–Crippen MR) is 139 cm³/mol. The van der Waals surface area contributed by atoms with Crippen molar-refractivity contribution in [1.29, 1.82) is 0 Å². The molecule has 1 saturated carbocycles. The molecule has 0 heterocycles. The van der Waals surface area contributed by atoms with Gasteiger partial charge in [0.05, 0.1) is 12.7 Å². The molecule has 0 unspecified atom stereocenters. The van der Waals surface area contributed by atoms with Crippen molar-refractivity contribution >= 4 is 27.7 Å². The van der Waals surface area contributed by atoms with Crippen molar-refractivity contribution in [2.45, 2.75) is 37.5 Å². The standard InChI is InChI=1S/C21H25NO2.C7H6BrNO/c1-24-19-13-7-6-12-18(19)20(23)22-16-21(14-8-3-9-15-21)17-10-4-2-5-11-17;8-6-3-1-5(2-4-6)7(9)10/h2,4-7,10-13H,3,8-9,14-16H2,1H3,(H,22,23);1-4H,(H2,9,10). The van der Waals surface area contributed by atoms with Crippen LogP contribution in [-0.2, 0) is 5.41 Å². The summed E-state index contributed by atoms with van der Waals surface area (Å²) < 4.78 is 6.25. The van der Waals surface area contributed by atoms with Gasteiger partial charge in [-0.2, -0.15) is 0 Å². The third kappa shape index (κ3) is 6.70. The average molecular weight is 523 g/mol. The largest absolute Gasteiger partial charge is 0.496 e. The third-order valence-corrected chi connectivity index (χ3v) is 6.79. The zero-order valence-corrected chi connectivity index (χ0v) is 21.0. The first kappa shape index (κ1) is 25.5. The fourth-order valence-electron chi connectivity index (χ4n) is 4.38. The van der Waals surface area contributed by atoms with E-state index in [0.717, 1.165) is 17.3 Å². The number of primary amides is 1. The summed E-state index contributed by atoms with van der Waals surface area (Å²) in [5.74, 6) is 0.160. The molecule has 0 aliphatic heterocycles. The smallest absolute Gasteiger partial charge is 0.255 e. The first-order valence-corrected chi connectivity index (χ1v) is 12.3. The molecule has 1 fully saturated rings. The molecule has 178 valence electrons. The molecule has 0 spiro atoms. The van der Waals surface area contributed by atoms with Crippen LogP contribution in [0.2, 0.25) is 0 Å². The lowest BCUT2D eigenvalue weighted by atomic mass is 9.69. The zero-order chi connectivity index (χ0) is 24.4. The van der Waals surface area contributed by atoms with E-state index in [1.807, 2.05) is 30.3 Å². The van der Waals surface area contributed by atoms with Gasteiger partial charge in [-0.15, -0.1) is 0 Å². The van der Waals surface area contributed by atoms with Crippen LogP contribution in [0.3, 0.4) is 0 Å². The van der Waals surface area contributed by atoms with E-state index in [-0.39, 0.29) is 11.3 Å². The number of hydrogen-bond acceptors (Lipinski definition) is 3. The molecule has 3 N–H and O–H groups in total. The van der Waals surface area contributed by atoms with Gasteiger partial charge in [-0.25, -0.2) is 0 Å². The van der Waals surface area contributed by atoms with Gasteiger partial charge in [-0.1, -0.05) is 77.7 Å². The van der Waals surface area contributed by atoms with E-state index < -0.39 is 5.91 Å². The average Bonchev–Trinajstić information content (AvgIpc) is 2.89. The maximum Gasteiger partial charge on any atom is 0.255 e. The summed E-state index contributed by atoms with van der Waals surface area (Å²) in [5.41, 5.74) is 7.53. The Balaban J connectivity index is 0.000000271. The summed E-state index contributed by atoms with van der Waals surface area (Å²) in [5, 5.41) is 3.16. The van der Waals surface area contributed by atoms with Gasteiger partial charge in [0.25, 0.3) is 5.91 Å². The number of hydrogen-bond donors (Lipinski definition) is 2. The number of benzene rings is 3. The lowest BCUT2D eigenvalue weighted by Gasteiger charge is -2.38. The molecule has 4 rings (SSSR count). The van der Waals surface area contributed by atoms with E-state index in [0.29, 0.717) is 23.4 Å². The molecule has 34 heavy (non-hydrogen) atoms. The van der Waals surface area contributed by atoms with Crippen LogP contribution >= 0.6 is 15.9 Å². The van der Waals surface area contributed by atoms with E-state index in [1.54, 1.807) is 31.4 Å². The molecule has 3 aromatic rings. The van der Waals surface area contributed by atoms with Crippen LogP contribution in [0, 0.1) is 0 Å². The van der Waals surface area contributed by atoms with Gasteiger partial charge in [0.2, 0.25) is 5.91 Å². The number of rotatable bonds is 6. The molecule has 0 saturated heterocycles. The van der Waals surface area contributed by atoms with E-state index in [9.17, 15) is 9.59 Å². The summed E-state index contributed by atoms with van der Waals surface area (Å²) >= 11 is 3.24. The van der Waals surface area contributed by atoms with Gasteiger partial charge >= 0.3 is 0 Å². The summed E-state index contributed by atoms with van der Waals surface area (Å²) in [6.45, 7) is 0.674. The van der Waals surface area contributed by atoms with Crippen molar-refractivity contribution < 1.29 is 14.3 Å². The van der Waals surface area contributed by atoms with Crippen molar-refractivity contribution in [3.63, 3.8) is 0 Å². The maximum atomic E-state index is 12.6. The molecule has 0 radical (unpaired) electrons. The Bertz CT molecular complexity index is 1080. The van der Waals surface area contributed by atoms with E-state index in [4.69, 9.17) is 10.5 Å². The highest BCUT2D eigenvalue weighted by molar-refractivity contribution is 9.10. The van der Waals surface area contributed by atoms with Gasteiger partial charge in [0, 0.05) is 22.0 Å². The summed E-state index contributed by atoms with van der Waals surface area (Å²) in [6, 6.07) is 24.9. The number of ether oxygens (including phenoxy) is 1. The van der Waals surface area contributed by atoms with Crippen LogP contribution in [0.15, 0.2) is 83.3 Å². The fraction of sp³-hybridized carbons (Fsp3) is 0.286. The lowest BCUT2D eigenvalue weighted by Crippen LogP contribution is -2.42. The van der Waals surface area contributed by atoms with Crippen molar-refractivity contribution in [1.82, 2.24) is 5.32 Å². The molecule has 5 nitrogen and oxygen atoms in total. The Hall–Kier alpha value is -3.12. The van der Waals surface area contributed by atoms with Gasteiger partial charge in [0.15, 0.2) is 0 Å². The Morgan fingerprint density at radius 3 is 2.15 bits per heavy atom. The molecule has 1 aliphatic carbocycles. The van der Waals surface area contributed by atoms with Crippen LogP contribution < -0.4 is 15.8 Å². The highest BCUT2D eigenvalue weighted by Crippen LogP contribution is 2.39. The number of para-hydroxylation sites is 1. The summed E-state index contributed by atoms with van der Waals surface area (Å²) in [6.07, 6.45) is 5.99. The fourth-order valence-corrected chi connectivity index (χ4v) is 4.64. The Morgan fingerprint density at radius 1 is 0.912 bits per heavy atom. The second-order valence-electron chi connectivity index (χ2n) is 8.46. The SMILES string of the molecule is COc1ccccc1C(=O)NCC1(c2ccccc2)CCCCC1.NC(=O)c1ccc(Br)cc1. The van der Waals surface area contributed by atoms with Crippen LogP contribution in [0.25, 0.3) is 0 Å². The Labute approximate surface area is 209 Å². The maximum absolute atomic E-state index is 12.6. The van der Waals surface area contributed by atoms with Crippen LogP contribution in [-0.4, -0.2) is 25.5 Å². The van der Waals surface area contributed by atoms with Crippen LogP contribution in [0.1, 0.15) is 58.4 Å². The second kappa shape index (κ2) is 12.4. The minimum absolute atomic E-state index is 0.0528. The topological polar surface area (TPSA) is 81.4 Å². The normalized spacial score (nSPS) is 14.3. The quantitative estimate of drug-likeness (QED) is 0.424. The molecule has 0 aromatic heterocycles. The van der Waals surface area contributed by atoms with E-state index in [2.05, 4.69) is 45.5 Å². The Morgan fingerprint density at radius 2 is 1.53 bits per heavy atom. The van der Waals surface area contributed by atoms with Crippen molar-refractivity contribution in [2.24, 2.45) is 5.73 Å². The number of nitrogens with one attached hydrogen (secondary N) is 1. The van der Waals surface area contributed by atoms with Crippen LogP contribution in [0.5, 0.6) is 5.75 Å². The molecule has 0 atom stereocenters. The first-order valence-electron chi connectivity index (χ1n) is 11.5. The molecule has 6 heteroatoms. The summed E-state index contributed by atoms with van der Waals surface area (Å²) in [7, 11) is 1.60. The predicted octanol–water partition coefficient (Wildman–Crippen LogP) is 5.88. The zero-order valence-electron chi connectivity index (χ0n) is 19.4. The lowest BCUT2D eigenvalue weighted by molar-refractivity contribution is 0.0932. The minimum atomic E-state index is -0.396. The van der Waals surface area contributed by atoms with Crippen molar-refractivity contribution in [3.8, 4) is 5.75 Å². The van der Waals surface area contributed by atoms with Gasteiger partial charge in [-0.05, 0) is 54.8 Å².